The first-order valence-corrected chi connectivity index (χ1v) is 10.0. The summed E-state index contributed by atoms with van der Waals surface area (Å²) in [4.78, 5) is 23.7. The van der Waals surface area contributed by atoms with Crippen LogP contribution in [0.5, 0.6) is 0 Å². The predicted octanol–water partition coefficient (Wildman–Crippen LogP) is 3.14. The molecule has 0 aliphatic carbocycles. The van der Waals surface area contributed by atoms with E-state index in [0.717, 1.165) is 16.3 Å². The number of fused-ring (bicyclic) bond motifs is 1. The number of alkyl carbamates (subject to hydrolysis) is 1. The van der Waals surface area contributed by atoms with Crippen LogP contribution in [0.4, 0.5) is 4.79 Å². The van der Waals surface area contributed by atoms with Gasteiger partial charge in [0.15, 0.2) is 0 Å². The van der Waals surface area contributed by atoms with Crippen LogP contribution >= 0.6 is 0 Å². The van der Waals surface area contributed by atoms with Gasteiger partial charge in [-0.25, -0.2) is 15.0 Å². The number of rotatable bonds is 7. The van der Waals surface area contributed by atoms with Crippen LogP contribution in [0.2, 0.25) is 0 Å². The Bertz CT molecular complexity index is 1060. The van der Waals surface area contributed by atoms with Crippen LogP contribution in [0, 0.1) is 0 Å². The lowest BCUT2D eigenvalue weighted by atomic mass is 10.00. The number of ether oxygens (including phenoxy) is 1. The molecule has 1 heterocycles. The number of hydroxylamine groups is 1. The molecule has 1 atom stereocenters. The molecule has 9 heteroatoms. The molecule has 0 radical (unpaired) electrons. The van der Waals surface area contributed by atoms with Crippen molar-refractivity contribution in [2.75, 3.05) is 0 Å². The van der Waals surface area contributed by atoms with E-state index in [1.807, 2.05) is 36.4 Å². The number of hydrogen-bond donors (Lipinski definition) is 3. The maximum atomic E-state index is 11.9. The van der Waals surface area contributed by atoms with Gasteiger partial charge in [0.05, 0.1) is 25.2 Å². The largest absolute Gasteiger partial charge is 0.444 e. The molecule has 3 rings (SSSR count). The monoisotopic (exact) mass is 425 g/mol. The second-order valence-electron chi connectivity index (χ2n) is 8.32. The molecular formula is C22H27N5O4. The average Bonchev–Trinajstić information content (AvgIpc) is 3.19. The van der Waals surface area contributed by atoms with Gasteiger partial charge in [-0.15, -0.1) is 5.10 Å². The quantitative estimate of drug-likeness (QED) is 0.395. The number of carbonyl (C=O) groups is 2. The summed E-state index contributed by atoms with van der Waals surface area (Å²) in [5.41, 5.74) is 2.64. The molecule has 3 aromatic rings. The summed E-state index contributed by atoms with van der Waals surface area (Å²) in [6.45, 7) is 5.50. The summed E-state index contributed by atoms with van der Waals surface area (Å²) in [7, 11) is 0. The van der Waals surface area contributed by atoms with Crippen molar-refractivity contribution in [3.05, 3.63) is 59.9 Å². The fourth-order valence-electron chi connectivity index (χ4n) is 3.21. The summed E-state index contributed by atoms with van der Waals surface area (Å²) >= 11 is 0. The number of amides is 2. The molecule has 1 unspecified atom stereocenters. The normalized spacial score (nSPS) is 12.4. The molecular weight excluding hydrogens is 398 g/mol. The first kappa shape index (κ1) is 22.2. The SMILES string of the molecule is CC(C)(C)OC(=O)NCc1cn(C(CC(=O)NO)Cc2ccc3ccccc3c2)nn1. The maximum absolute atomic E-state index is 11.9. The summed E-state index contributed by atoms with van der Waals surface area (Å²) < 4.78 is 6.79. The molecule has 0 aliphatic heterocycles. The van der Waals surface area contributed by atoms with Gasteiger partial charge >= 0.3 is 6.09 Å². The first-order chi connectivity index (χ1) is 14.7. The van der Waals surface area contributed by atoms with Crippen molar-refractivity contribution in [1.82, 2.24) is 25.8 Å². The Labute approximate surface area is 180 Å². The van der Waals surface area contributed by atoms with Crippen LogP contribution in [0.1, 0.15) is 44.5 Å². The van der Waals surface area contributed by atoms with E-state index in [2.05, 4.69) is 21.7 Å². The van der Waals surface area contributed by atoms with Crippen molar-refractivity contribution in [2.24, 2.45) is 0 Å². The zero-order chi connectivity index (χ0) is 22.4. The van der Waals surface area contributed by atoms with Gasteiger partial charge in [-0.3, -0.25) is 10.0 Å². The summed E-state index contributed by atoms with van der Waals surface area (Å²) in [5.74, 6) is -0.519. The van der Waals surface area contributed by atoms with Crippen LogP contribution in [-0.4, -0.2) is 37.8 Å². The number of aromatic nitrogens is 3. The van der Waals surface area contributed by atoms with Crippen molar-refractivity contribution in [2.45, 2.75) is 51.8 Å². The van der Waals surface area contributed by atoms with Gasteiger partial charge in [0.2, 0.25) is 5.91 Å². The molecule has 0 aliphatic rings. The van der Waals surface area contributed by atoms with Crippen molar-refractivity contribution in [3.63, 3.8) is 0 Å². The summed E-state index contributed by atoms with van der Waals surface area (Å²) in [6, 6.07) is 13.8. The molecule has 2 amide bonds. The minimum Gasteiger partial charge on any atom is -0.444 e. The van der Waals surface area contributed by atoms with E-state index in [0.29, 0.717) is 12.1 Å². The Balaban J connectivity index is 1.72. The molecule has 2 aromatic carbocycles. The van der Waals surface area contributed by atoms with Crippen LogP contribution in [0.25, 0.3) is 10.8 Å². The molecule has 0 bridgehead atoms. The van der Waals surface area contributed by atoms with Gasteiger partial charge in [-0.1, -0.05) is 47.7 Å². The van der Waals surface area contributed by atoms with E-state index in [-0.39, 0.29) is 19.0 Å². The lowest BCUT2D eigenvalue weighted by molar-refractivity contribution is -0.130. The predicted molar refractivity (Wildman–Crippen MR) is 114 cm³/mol. The van der Waals surface area contributed by atoms with Crippen LogP contribution in [0.15, 0.2) is 48.7 Å². The van der Waals surface area contributed by atoms with E-state index >= 15 is 0 Å². The topological polar surface area (TPSA) is 118 Å². The molecule has 1 aromatic heterocycles. The molecule has 0 spiro atoms. The standard InChI is InChI=1S/C22H27N5O4/c1-22(2,3)31-21(29)23-13-18-14-27(26-24-18)19(12-20(28)25-30)11-15-8-9-16-6-4-5-7-17(16)10-15/h4-10,14,19,30H,11-13H2,1-3H3,(H,23,29)(H,25,28). The Morgan fingerprint density at radius 1 is 1.16 bits per heavy atom. The van der Waals surface area contributed by atoms with E-state index in [4.69, 9.17) is 9.94 Å². The maximum Gasteiger partial charge on any atom is 0.407 e. The summed E-state index contributed by atoms with van der Waals surface area (Å²) in [6.07, 6.45) is 1.66. The van der Waals surface area contributed by atoms with E-state index in [1.165, 1.54) is 0 Å². The Kier molecular flexibility index (Phi) is 6.86. The Morgan fingerprint density at radius 2 is 1.90 bits per heavy atom. The second kappa shape index (κ2) is 9.57. The van der Waals surface area contributed by atoms with Gasteiger partial charge < -0.3 is 10.1 Å². The molecule has 9 nitrogen and oxygen atoms in total. The average molecular weight is 425 g/mol. The Hall–Kier alpha value is -3.46. The molecule has 3 N–H and O–H groups in total. The molecule has 0 fully saturated rings. The van der Waals surface area contributed by atoms with Crippen molar-refractivity contribution in [1.29, 1.82) is 0 Å². The van der Waals surface area contributed by atoms with Crippen LogP contribution in [-0.2, 0) is 22.5 Å². The zero-order valence-corrected chi connectivity index (χ0v) is 17.8. The molecule has 164 valence electrons. The van der Waals surface area contributed by atoms with Gasteiger partial charge in [0.25, 0.3) is 0 Å². The number of hydrogen-bond acceptors (Lipinski definition) is 6. The fraction of sp³-hybridized carbons (Fsp3) is 0.364. The smallest absolute Gasteiger partial charge is 0.407 e. The zero-order valence-electron chi connectivity index (χ0n) is 17.8. The molecule has 31 heavy (non-hydrogen) atoms. The van der Waals surface area contributed by atoms with E-state index < -0.39 is 17.6 Å². The van der Waals surface area contributed by atoms with Crippen molar-refractivity contribution in [3.8, 4) is 0 Å². The minimum atomic E-state index is -0.593. The van der Waals surface area contributed by atoms with Gasteiger partial charge in [0, 0.05) is 0 Å². The van der Waals surface area contributed by atoms with E-state index in [9.17, 15) is 9.59 Å². The highest BCUT2D eigenvalue weighted by Crippen LogP contribution is 2.22. The van der Waals surface area contributed by atoms with Crippen molar-refractivity contribution < 1.29 is 19.5 Å². The number of benzene rings is 2. The highest BCUT2D eigenvalue weighted by molar-refractivity contribution is 5.83. The van der Waals surface area contributed by atoms with Crippen LogP contribution in [0.3, 0.4) is 0 Å². The highest BCUT2D eigenvalue weighted by Gasteiger charge is 2.20. The van der Waals surface area contributed by atoms with Gasteiger partial charge in [-0.05, 0) is 43.5 Å². The van der Waals surface area contributed by atoms with E-state index in [1.54, 1.807) is 37.1 Å². The lowest BCUT2D eigenvalue weighted by Crippen LogP contribution is -2.32. The summed E-state index contributed by atoms with van der Waals surface area (Å²) in [5, 5.41) is 22.0. The third kappa shape index (κ3) is 6.51. The molecule has 0 saturated heterocycles. The number of nitrogens with one attached hydrogen (secondary N) is 2. The van der Waals surface area contributed by atoms with Crippen molar-refractivity contribution >= 4 is 22.8 Å². The van der Waals surface area contributed by atoms with Crippen LogP contribution < -0.4 is 10.8 Å². The third-order valence-corrected chi connectivity index (χ3v) is 4.58. The highest BCUT2D eigenvalue weighted by atomic mass is 16.6. The number of nitrogens with zero attached hydrogens (tertiary/aromatic N) is 3. The molecule has 0 saturated carbocycles. The fourth-order valence-corrected chi connectivity index (χ4v) is 3.21. The van der Waals surface area contributed by atoms with Gasteiger partial charge in [0.1, 0.15) is 11.3 Å². The van der Waals surface area contributed by atoms with Gasteiger partial charge in [-0.2, -0.15) is 0 Å². The lowest BCUT2D eigenvalue weighted by Gasteiger charge is -2.19. The first-order valence-electron chi connectivity index (χ1n) is 10.0. The minimum absolute atomic E-state index is 0.0195. The number of carbonyl (C=O) groups excluding carboxylic acids is 2. The Morgan fingerprint density at radius 3 is 2.61 bits per heavy atom. The second-order valence-corrected chi connectivity index (χ2v) is 8.32. The third-order valence-electron chi connectivity index (χ3n) is 4.58.